The molecule has 0 aliphatic carbocycles. The Hall–Kier alpha value is -2.83. The number of hydrogen-bond donors (Lipinski definition) is 2. The van der Waals surface area contributed by atoms with Gasteiger partial charge in [0.05, 0.1) is 5.69 Å². The second-order valence-corrected chi connectivity index (χ2v) is 8.64. The number of nitrogens with zero attached hydrogens (tertiary/aromatic N) is 3. The number of carbonyl (C=O) groups is 1. The van der Waals surface area contributed by atoms with Gasteiger partial charge in [-0.15, -0.1) is 10.2 Å². The first-order chi connectivity index (χ1) is 15.0. The van der Waals surface area contributed by atoms with E-state index in [2.05, 4.69) is 32.7 Å². The van der Waals surface area contributed by atoms with Gasteiger partial charge in [0.1, 0.15) is 0 Å². The van der Waals surface area contributed by atoms with Crippen molar-refractivity contribution in [1.29, 1.82) is 0 Å². The summed E-state index contributed by atoms with van der Waals surface area (Å²) in [5.74, 6) is 1.68. The molecule has 2 aromatic carbocycles. The Morgan fingerprint density at radius 3 is 2.32 bits per heavy atom. The van der Waals surface area contributed by atoms with Crippen molar-refractivity contribution in [2.75, 3.05) is 28.6 Å². The molecule has 6 nitrogen and oxygen atoms in total. The molecule has 2 heterocycles. The van der Waals surface area contributed by atoms with Gasteiger partial charge in [0.2, 0.25) is 0 Å². The number of piperidine rings is 1. The molecule has 1 aromatic heterocycles. The third-order valence-electron chi connectivity index (χ3n) is 5.29. The fourth-order valence-electron chi connectivity index (χ4n) is 3.56. The quantitative estimate of drug-likeness (QED) is 0.481. The third-order valence-corrected chi connectivity index (χ3v) is 5.73. The molecule has 2 amide bonds. The number of halogens is 2. The van der Waals surface area contributed by atoms with Crippen LogP contribution in [0.3, 0.4) is 0 Å². The maximum Gasteiger partial charge on any atom is 0.323 e. The average Bonchev–Trinajstić information content (AvgIpc) is 2.74. The Bertz CT molecular complexity index is 1050. The molecule has 31 heavy (non-hydrogen) atoms. The SMILES string of the molecule is CC1CCN(c2ccc(-c3cccc(NC(=O)Nc4cc(Cl)cc(Cl)c4)c3)nn2)CC1. The molecule has 4 rings (SSSR count). The molecule has 1 aliphatic rings. The highest BCUT2D eigenvalue weighted by atomic mass is 35.5. The second-order valence-electron chi connectivity index (χ2n) is 7.76. The molecule has 1 fully saturated rings. The van der Waals surface area contributed by atoms with Gasteiger partial charge in [0, 0.05) is 40.1 Å². The van der Waals surface area contributed by atoms with E-state index in [1.165, 1.54) is 12.8 Å². The van der Waals surface area contributed by atoms with Crippen LogP contribution in [-0.2, 0) is 0 Å². The third kappa shape index (κ3) is 5.66. The highest BCUT2D eigenvalue weighted by Crippen LogP contribution is 2.25. The number of nitrogens with one attached hydrogen (secondary N) is 2. The molecular weight excluding hydrogens is 433 g/mol. The zero-order chi connectivity index (χ0) is 21.8. The van der Waals surface area contributed by atoms with Crippen molar-refractivity contribution in [3.63, 3.8) is 0 Å². The normalized spacial score (nSPS) is 14.4. The van der Waals surface area contributed by atoms with Gasteiger partial charge in [0.15, 0.2) is 5.82 Å². The summed E-state index contributed by atoms with van der Waals surface area (Å²) < 4.78 is 0. The van der Waals surface area contributed by atoms with Crippen molar-refractivity contribution in [3.05, 3.63) is 64.6 Å². The number of anilines is 3. The van der Waals surface area contributed by atoms with Crippen LogP contribution in [0.4, 0.5) is 22.0 Å². The van der Waals surface area contributed by atoms with Crippen molar-refractivity contribution < 1.29 is 4.79 Å². The largest absolute Gasteiger partial charge is 0.355 e. The minimum absolute atomic E-state index is 0.392. The van der Waals surface area contributed by atoms with E-state index in [9.17, 15) is 4.79 Å². The lowest BCUT2D eigenvalue weighted by Crippen LogP contribution is -2.33. The number of amides is 2. The van der Waals surface area contributed by atoms with Crippen LogP contribution >= 0.6 is 23.2 Å². The number of carbonyl (C=O) groups excluding carboxylic acids is 1. The van der Waals surface area contributed by atoms with Gasteiger partial charge in [-0.05, 0) is 61.2 Å². The number of benzene rings is 2. The van der Waals surface area contributed by atoms with Crippen LogP contribution in [0.5, 0.6) is 0 Å². The zero-order valence-electron chi connectivity index (χ0n) is 17.1. The summed E-state index contributed by atoms with van der Waals surface area (Å²) in [7, 11) is 0. The molecule has 8 heteroatoms. The highest BCUT2D eigenvalue weighted by Gasteiger charge is 2.17. The summed E-state index contributed by atoms with van der Waals surface area (Å²) in [6, 6.07) is 15.9. The Morgan fingerprint density at radius 1 is 0.935 bits per heavy atom. The minimum Gasteiger partial charge on any atom is -0.355 e. The Kier molecular flexibility index (Phi) is 6.59. The van der Waals surface area contributed by atoms with Crippen LogP contribution < -0.4 is 15.5 Å². The van der Waals surface area contributed by atoms with Crippen molar-refractivity contribution in [2.24, 2.45) is 5.92 Å². The van der Waals surface area contributed by atoms with E-state index in [0.717, 1.165) is 36.1 Å². The van der Waals surface area contributed by atoms with E-state index in [1.807, 2.05) is 36.4 Å². The summed E-state index contributed by atoms with van der Waals surface area (Å²) in [6.07, 6.45) is 2.36. The van der Waals surface area contributed by atoms with Crippen LogP contribution in [0.15, 0.2) is 54.6 Å². The first-order valence-electron chi connectivity index (χ1n) is 10.2. The maximum absolute atomic E-state index is 12.4. The summed E-state index contributed by atoms with van der Waals surface area (Å²) >= 11 is 12.0. The number of hydrogen-bond acceptors (Lipinski definition) is 4. The number of aromatic nitrogens is 2. The minimum atomic E-state index is -0.392. The summed E-state index contributed by atoms with van der Waals surface area (Å²) in [5, 5.41) is 15.3. The molecule has 0 bridgehead atoms. The Labute approximate surface area is 191 Å². The Balaban J connectivity index is 1.42. The van der Waals surface area contributed by atoms with Crippen LogP contribution in [0, 0.1) is 5.92 Å². The molecule has 1 saturated heterocycles. The standard InChI is InChI=1S/C23H23Cl2N5O/c1-15-7-9-30(10-8-15)22-6-5-21(28-29-22)16-3-2-4-19(11-16)26-23(31)27-20-13-17(24)12-18(25)14-20/h2-6,11-15H,7-10H2,1H3,(H2,26,27,31). The Morgan fingerprint density at radius 2 is 1.65 bits per heavy atom. The molecular formula is C23H23Cl2N5O. The van der Waals surface area contributed by atoms with Crippen LogP contribution in [0.2, 0.25) is 10.0 Å². The summed E-state index contributed by atoms with van der Waals surface area (Å²) in [6.45, 7) is 4.32. The van der Waals surface area contributed by atoms with Gasteiger partial charge < -0.3 is 15.5 Å². The first-order valence-corrected chi connectivity index (χ1v) is 10.9. The van der Waals surface area contributed by atoms with E-state index >= 15 is 0 Å². The molecule has 0 spiro atoms. The average molecular weight is 456 g/mol. The maximum atomic E-state index is 12.4. The molecule has 0 saturated carbocycles. The van der Waals surface area contributed by atoms with Crippen molar-refractivity contribution in [1.82, 2.24) is 10.2 Å². The van der Waals surface area contributed by atoms with Gasteiger partial charge in [0.25, 0.3) is 0 Å². The van der Waals surface area contributed by atoms with Gasteiger partial charge in [-0.1, -0.05) is 42.3 Å². The predicted octanol–water partition coefficient (Wildman–Crippen LogP) is 6.33. The van der Waals surface area contributed by atoms with Crippen molar-refractivity contribution in [2.45, 2.75) is 19.8 Å². The van der Waals surface area contributed by atoms with Crippen LogP contribution in [0.25, 0.3) is 11.3 Å². The molecule has 0 unspecified atom stereocenters. The smallest absolute Gasteiger partial charge is 0.323 e. The van der Waals surface area contributed by atoms with Gasteiger partial charge in [-0.25, -0.2) is 4.79 Å². The van der Waals surface area contributed by atoms with E-state index in [1.54, 1.807) is 18.2 Å². The van der Waals surface area contributed by atoms with Gasteiger partial charge >= 0.3 is 6.03 Å². The van der Waals surface area contributed by atoms with E-state index in [0.29, 0.717) is 21.4 Å². The molecule has 0 atom stereocenters. The summed E-state index contributed by atoms with van der Waals surface area (Å²) in [5.41, 5.74) is 2.77. The number of urea groups is 1. The fourth-order valence-corrected chi connectivity index (χ4v) is 4.09. The van der Waals surface area contributed by atoms with E-state index in [4.69, 9.17) is 23.2 Å². The topological polar surface area (TPSA) is 70.2 Å². The zero-order valence-corrected chi connectivity index (χ0v) is 18.6. The van der Waals surface area contributed by atoms with E-state index in [-0.39, 0.29) is 0 Å². The molecule has 0 radical (unpaired) electrons. The lowest BCUT2D eigenvalue weighted by molar-refractivity contribution is 0.262. The second kappa shape index (κ2) is 9.54. The number of rotatable bonds is 4. The lowest BCUT2D eigenvalue weighted by Gasteiger charge is -2.30. The molecule has 160 valence electrons. The predicted molar refractivity (Wildman–Crippen MR) is 127 cm³/mol. The van der Waals surface area contributed by atoms with E-state index < -0.39 is 6.03 Å². The first kappa shape index (κ1) is 21.4. The fraction of sp³-hybridized carbons (Fsp3) is 0.261. The monoisotopic (exact) mass is 455 g/mol. The molecule has 2 N–H and O–H groups in total. The molecule has 3 aromatic rings. The van der Waals surface area contributed by atoms with Crippen LogP contribution in [0.1, 0.15) is 19.8 Å². The van der Waals surface area contributed by atoms with Gasteiger partial charge in [-0.3, -0.25) is 0 Å². The van der Waals surface area contributed by atoms with Gasteiger partial charge in [-0.2, -0.15) is 0 Å². The lowest BCUT2D eigenvalue weighted by atomic mass is 9.99. The van der Waals surface area contributed by atoms with Crippen molar-refractivity contribution in [3.8, 4) is 11.3 Å². The summed E-state index contributed by atoms with van der Waals surface area (Å²) in [4.78, 5) is 14.6. The molecule has 1 aliphatic heterocycles. The van der Waals surface area contributed by atoms with Crippen LogP contribution in [-0.4, -0.2) is 29.3 Å². The highest BCUT2D eigenvalue weighted by molar-refractivity contribution is 6.35. The van der Waals surface area contributed by atoms with Crippen molar-refractivity contribution >= 4 is 46.4 Å².